The highest BCUT2D eigenvalue weighted by Crippen LogP contribution is 2.29. The molecule has 0 aromatic carbocycles. The molecule has 3 unspecified atom stereocenters. The number of hydrogen-bond donors (Lipinski definition) is 1. The van der Waals surface area contributed by atoms with Crippen LogP contribution in [0.3, 0.4) is 0 Å². The van der Waals surface area contributed by atoms with Crippen molar-refractivity contribution in [1.82, 2.24) is 0 Å². The summed E-state index contributed by atoms with van der Waals surface area (Å²) >= 11 is 0. The Hall–Kier alpha value is -0.660. The lowest BCUT2D eigenvalue weighted by Gasteiger charge is -2.26. The third-order valence-corrected chi connectivity index (χ3v) is 5.18. The number of carboxylic acids is 1. The van der Waals surface area contributed by atoms with Gasteiger partial charge >= 0.3 is 5.97 Å². The van der Waals surface area contributed by atoms with E-state index >= 15 is 0 Å². The van der Waals surface area contributed by atoms with Crippen LogP contribution in [0.1, 0.15) is 25.7 Å². The largest absolute Gasteiger partial charge is 0.481 e. The minimum Gasteiger partial charge on any atom is -0.481 e. The van der Waals surface area contributed by atoms with Crippen molar-refractivity contribution in [2.24, 2.45) is 5.92 Å². The van der Waals surface area contributed by atoms with E-state index in [9.17, 15) is 13.2 Å². The molecule has 0 spiro atoms. The summed E-state index contributed by atoms with van der Waals surface area (Å²) in [6, 6.07) is 0. The van der Waals surface area contributed by atoms with Gasteiger partial charge in [0.05, 0.1) is 24.2 Å². The molecule has 2 fully saturated rings. The van der Waals surface area contributed by atoms with Crippen LogP contribution in [-0.2, 0) is 24.1 Å². The summed E-state index contributed by atoms with van der Waals surface area (Å²) in [5.74, 6) is -0.608. The van der Waals surface area contributed by atoms with Crippen LogP contribution in [0.2, 0.25) is 0 Å². The van der Waals surface area contributed by atoms with Crippen molar-refractivity contribution in [3.63, 3.8) is 0 Å². The molecule has 18 heavy (non-hydrogen) atoms. The third-order valence-electron chi connectivity index (χ3n) is 3.34. The summed E-state index contributed by atoms with van der Waals surface area (Å²) in [5, 5.41) is 8.58. The van der Waals surface area contributed by atoms with Crippen LogP contribution < -0.4 is 0 Å². The van der Waals surface area contributed by atoms with Crippen molar-refractivity contribution in [1.29, 1.82) is 0 Å². The van der Waals surface area contributed by atoms with Gasteiger partial charge in [-0.25, -0.2) is 8.42 Å². The fourth-order valence-corrected chi connectivity index (χ4v) is 4.18. The zero-order chi connectivity index (χ0) is 13.2. The maximum atomic E-state index is 11.5. The molecule has 1 N–H and O–H groups in total. The predicted octanol–water partition coefficient (Wildman–Crippen LogP) is 0.418. The van der Waals surface area contributed by atoms with Gasteiger partial charge in [-0.1, -0.05) is 0 Å². The molecule has 0 saturated carbocycles. The second-order valence-corrected chi connectivity index (χ2v) is 7.14. The van der Waals surface area contributed by atoms with Gasteiger partial charge in [-0.05, 0) is 19.3 Å². The minimum absolute atomic E-state index is 0.0453. The second-order valence-electron chi connectivity index (χ2n) is 4.91. The van der Waals surface area contributed by atoms with Crippen molar-refractivity contribution in [3.05, 3.63) is 0 Å². The smallest absolute Gasteiger partial charge is 0.303 e. The third kappa shape index (κ3) is 3.66. The predicted molar refractivity (Wildman–Crippen MR) is 62.9 cm³/mol. The molecule has 2 aliphatic rings. The lowest BCUT2D eigenvalue weighted by molar-refractivity contribution is -0.138. The first kappa shape index (κ1) is 13.8. The lowest BCUT2D eigenvalue weighted by atomic mass is 10.1. The molecule has 0 bridgehead atoms. The molecule has 2 saturated heterocycles. The van der Waals surface area contributed by atoms with Crippen LogP contribution in [0.15, 0.2) is 0 Å². The van der Waals surface area contributed by atoms with Gasteiger partial charge in [0.25, 0.3) is 0 Å². The first-order valence-electron chi connectivity index (χ1n) is 6.15. The topological polar surface area (TPSA) is 89.9 Å². The molecule has 2 rings (SSSR count). The molecule has 0 aromatic rings. The second kappa shape index (κ2) is 5.54. The van der Waals surface area contributed by atoms with Crippen LogP contribution in [0.4, 0.5) is 0 Å². The summed E-state index contributed by atoms with van der Waals surface area (Å²) in [6.45, 7) is 0.356. The number of carboxylic acid groups (broad SMARTS) is 1. The van der Waals surface area contributed by atoms with E-state index < -0.39 is 22.1 Å². The Morgan fingerprint density at radius 3 is 2.83 bits per heavy atom. The Labute approximate surface area is 106 Å². The molecule has 2 heterocycles. The minimum atomic E-state index is -2.97. The van der Waals surface area contributed by atoms with Gasteiger partial charge in [-0.3, -0.25) is 4.79 Å². The maximum Gasteiger partial charge on any atom is 0.303 e. The SMILES string of the molecule is O=C(O)CCC1COC(C2CCCS(=O)(=O)C2)O1. The molecule has 3 atom stereocenters. The fourth-order valence-electron chi connectivity index (χ4n) is 2.43. The van der Waals surface area contributed by atoms with Crippen molar-refractivity contribution in [2.75, 3.05) is 18.1 Å². The summed E-state index contributed by atoms with van der Waals surface area (Å²) in [7, 11) is -2.97. The molecule has 2 aliphatic heterocycles. The van der Waals surface area contributed by atoms with Crippen LogP contribution in [-0.4, -0.2) is 50.0 Å². The highest BCUT2D eigenvalue weighted by Gasteiger charge is 2.37. The standard InChI is InChI=1S/C11H18O6S/c12-10(13)4-3-9-6-16-11(17-9)8-2-1-5-18(14,15)7-8/h8-9,11H,1-7H2,(H,12,13). The first-order chi connectivity index (χ1) is 8.46. The zero-order valence-corrected chi connectivity index (χ0v) is 10.9. The number of carbonyl (C=O) groups is 1. The van der Waals surface area contributed by atoms with E-state index in [4.69, 9.17) is 14.6 Å². The monoisotopic (exact) mass is 278 g/mol. The van der Waals surface area contributed by atoms with Gasteiger partial charge in [0.15, 0.2) is 16.1 Å². The van der Waals surface area contributed by atoms with E-state index in [0.717, 1.165) is 6.42 Å². The van der Waals surface area contributed by atoms with Crippen LogP contribution in [0, 0.1) is 5.92 Å². The molecule has 7 heteroatoms. The van der Waals surface area contributed by atoms with Crippen LogP contribution >= 0.6 is 0 Å². The average molecular weight is 278 g/mol. The molecule has 0 aliphatic carbocycles. The Bertz CT molecular complexity index is 404. The number of rotatable bonds is 4. The van der Waals surface area contributed by atoms with E-state index in [2.05, 4.69) is 0 Å². The van der Waals surface area contributed by atoms with E-state index in [1.165, 1.54) is 0 Å². The number of sulfone groups is 1. The normalized spacial score (nSPS) is 35.4. The van der Waals surface area contributed by atoms with Gasteiger partial charge in [0.2, 0.25) is 0 Å². The maximum absolute atomic E-state index is 11.5. The zero-order valence-electron chi connectivity index (χ0n) is 10.1. The van der Waals surface area contributed by atoms with Crippen molar-refractivity contribution in [3.8, 4) is 0 Å². The van der Waals surface area contributed by atoms with E-state index in [1.807, 2.05) is 0 Å². The summed E-state index contributed by atoms with van der Waals surface area (Å²) in [4.78, 5) is 10.4. The number of hydrogen-bond acceptors (Lipinski definition) is 5. The summed E-state index contributed by atoms with van der Waals surface area (Å²) in [5.41, 5.74) is 0. The Balaban J connectivity index is 1.83. The molecular weight excluding hydrogens is 260 g/mol. The molecule has 0 radical (unpaired) electrons. The van der Waals surface area contributed by atoms with Gasteiger partial charge in [0, 0.05) is 12.3 Å². The van der Waals surface area contributed by atoms with Crippen LogP contribution in [0.5, 0.6) is 0 Å². The average Bonchev–Trinajstić information content (AvgIpc) is 2.73. The van der Waals surface area contributed by atoms with Crippen molar-refractivity contribution >= 4 is 15.8 Å². The summed E-state index contributed by atoms with van der Waals surface area (Å²) < 4.78 is 34.1. The fraction of sp³-hybridized carbons (Fsp3) is 0.909. The van der Waals surface area contributed by atoms with E-state index in [1.54, 1.807) is 0 Å². The summed E-state index contributed by atoms with van der Waals surface area (Å²) in [6.07, 6.45) is 1.18. The van der Waals surface area contributed by atoms with Crippen LogP contribution in [0.25, 0.3) is 0 Å². The highest BCUT2D eigenvalue weighted by molar-refractivity contribution is 7.91. The molecular formula is C11H18O6S. The number of ether oxygens (including phenoxy) is 2. The lowest BCUT2D eigenvalue weighted by Crippen LogP contribution is -2.34. The Kier molecular flexibility index (Phi) is 4.24. The van der Waals surface area contributed by atoms with Crippen molar-refractivity contribution < 1.29 is 27.8 Å². The van der Waals surface area contributed by atoms with Gasteiger partial charge in [-0.15, -0.1) is 0 Å². The highest BCUT2D eigenvalue weighted by atomic mass is 32.2. The Morgan fingerprint density at radius 2 is 2.17 bits per heavy atom. The van der Waals surface area contributed by atoms with Gasteiger partial charge in [-0.2, -0.15) is 0 Å². The van der Waals surface area contributed by atoms with E-state index in [-0.39, 0.29) is 29.9 Å². The molecule has 0 aromatic heterocycles. The molecule has 6 nitrogen and oxygen atoms in total. The quantitative estimate of drug-likeness (QED) is 0.801. The van der Waals surface area contributed by atoms with Gasteiger partial charge in [0.1, 0.15) is 0 Å². The molecule has 0 amide bonds. The first-order valence-corrected chi connectivity index (χ1v) is 7.98. The number of aliphatic carboxylic acids is 1. The van der Waals surface area contributed by atoms with E-state index in [0.29, 0.717) is 19.4 Å². The Morgan fingerprint density at radius 1 is 1.39 bits per heavy atom. The van der Waals surface area contributed by atoms with Gasteiger partial charge < -0.3 is 14.6 Å². The van der Waals surface area contributed by atoms with Crippen molar-refractivity contribution in [2.45, 2.75) is 38.1 Å². The molecule has 104 valence electrons.